The van der Waals surface area contributed by atoms with Crippen LogP contribution >= 0.6 is 12.2 Å². The van der Waals surface area contributed by atoms with E-state index in [0.29, 0.717) is 11.6 Å². The number of thiocarbonyl (C=S) groups is 1. The minimum atomic E-state index is 0.368. The zero-order valence-corrected chi connectivity index (χ0v) is 12.1. The van der Waals surface area contributed by atoms with Crippen LogP contribution in [0.1, 0.15) is 11.1 Å². The fraction of sp³-hybridized carbons (Fsp3) is 0.0588. The highest BCUT2D eigenvalue weighted by Crippen LogP contribution is 2.19. The molecule has 1 heterocycles. The Labute approximate surface area is 128 Å². The van der Waals surface area contributed by atoms with Crippen LogP contribution in [0.4, 0.5) is 0 Å². The van der Waals surface area contributed by atoms with Crippen LogP contribution in [-0.4, -0.2) is 9.97 Å². The van der Waals surface area contributed by atoms with Crippen molar-refractivity contribution in [3.05, 3.63) is 71.9 Å². The van der Waals surface area contributed by atoms with Crippen LogP contribution in [0.25, 0.3) is 10.9 Å². The molecule has 0 saturated heterocycles. The smallest absolute Gasteiger partial charge is 0.120 e. The first-order chi connectivity index (χ1) is 10.2. The Morgan fingerprint density at radius 1 is 1.10 bits per heavy atom. The fourth-order valence-corrected chi connectivity index (χ4v) is 2.31. The van der Waals surface area contributed by atoms with Crippen molar-refractivity contribution in [1.29, 1.82) is 0 Å². The number of ether oxygens (including phenoxy) is 1. The molecule has 0 spiro atoms. The van der Waals surface area contributed by atoms with E-state index >= 15 is 0 Å². The number of fused-ring (bicyclic) bond motifs is 1. The Bertz CT molecular complexity index is 796. The Kier molecular flexibility index (Phi) is 3.79. The van der Waals surface area contributed by atoms with Crippen molar-refractivity contribution in [3.8, 4) is 5.75 Å². The molecule has 3 aromatic rings. The van der Waals surface area contributed by atoms with E-state index in [1.807, 2.05) is 54.6 Å². The van der Waals surface area contributed by atoms with Gasteiger partial charge in [0.25, 0.3) is 0 Å². The van der Waals surface area contributed by atoms with Crippen molar-refractivity contribution in [2.45, 2.75) is 6.61 Å². The average molecular weight is 294 g/mol. The summed E-state index contributed by atoms with van der Waals surface area (Å²) in [6.07, 6.45) is 1.79. The van der Waals surface area contributed by atoms with Gasteiger partial charge in [0.1, 0.15) is 17.3 Å². The topological polar surface area (TPSA) is 48.1 Å². The van der Waals surface area contributed by atoms with Gasteiger partial charge in [-0.25, -0.2) is 0 Å². The number of hydrogen-bond acceptors (Lipinski definition) is 3. The summed E-state index contributed by atoms with van der Waals surface area (Å²) in [4.78, 5) is 4.79. The van der Waals surface area contributed by atoms with Crippen molar-refractivity contribution in [2.24, 2.45) is 5.73 Å². The van der Waals surface area contributed by atoms with Crippen molar-refractivity contribution >= 4 is 28.1 Å². The van der Waals surface area contributed by atoms with Crippen LogP contribution in [0.15, 0.2) is 60.8 Å². The SMILES string of the molecule is NC(=S)c1cccc(OCc2cccc3cccnc23)c1. The van der Waals surface area contributed by atoms with Gasteiger partial charge in [-0.05, 0) is 18.2 Å². The van der Waals surface area contributed by atoms with E-state index in [9.17, 15) is 0 Å². The third-order valence-electron chi connectivity index (χ3n) is 3.23. The number of rotatable bonds is 4. The first-order valence-corrected chi connectivity index (χ1v) is 7.00. The minimum absolute atomic E-state index is 0.368. The summed E-state index contributed by atoms with van der Waals surface area (Å²) in [7, 11) is 0. The molecule has 0 fully saturated rings. The number of benzene rings is 2. The van der Waals surface area contributed by atoms with E-state index in [-0.39, 0.29) is 0 Å². The van der Waals surface area contributed by atoms with Gasteiger partial charge in [-0.3, -0.25) is 4.98 Å². The normalized spacial score (nSPS) is 10.5. The first kappa shape index (κ1) is 13.5. The highest BCUT2D eigenvalue weighted by molar-refractivity contribution is 7.80. The molecule has 0 aliphatic carbocycles. The second kappa shape index (κ2) is 5.89. The zero-order chi connectivity index (χ0) is 14.7. The Morgan fingerprint density at radius 2 is 1.90 bits per heavy atom. The molecular formula is C17H14N2OS. The quantitative estimate of drug-likeness (QED) is 0.749. The molecule has 0 amide bonds. The van der Waals surface area contributed by atoms with Gasteiger partial charge in [-0.1, -0.05) is 48.6 Å². The third kappa shape index (κ3) is 3.01. The van der Waals surface area contributed by atoms with E-state index in [4.69, 9.17) is 22.7 Å². The average Bonchev–Trinajstić information content (AvgIpc) is 2.53. The predicted octanol–water partition coefficient (Wildman–Crippen LogP) is 3.45. The van der Waals surface area contributed by atoms with Crippen molar-refractivity contribution in [1.82, 2.24) is 4.98 Å². The molecule has 4 heteroatoms. The van der Waals surface area contributed by atoms with Gasteiger partial charge in [0.2, 0.25) is 0 Å². The largest absolute Gasteiger partial charge is 0.489 e. The lowest BCUT2D eigenvalue weighted by molar-refractivity contribution is 0.307. The molecule has 0 saturated carbocycles. The molecule has 3 rings (SSSR count). The van der Waals surface area contributed by atoms with Crippen LogP contribution in [-0.2, 0) is 6.61 Å². The van der Waals surface area contributed by atoms with E-state index in [2.05, 4.69) is 4.98 Å². The number of aromatic nitrogens is 1. The number of para-hydroxylation sites is 1. The number of hydrogen-bond donors (Lipinski definition) is 1. The molecule has 0 aliphatic rings. The number of pyridine rings is 1. The molecule has 0 atom stereocenters. The Morgan fingerprint density at radius 3 is 2.76 bits per heavy atom. The van der Waals surface area contributed by atoms with Gasteiger partial charge in [0.15, 0.2) is 0 Å². The molecule has 2 N–H and O–H groups in total. The van der Waals surface area contributed by atoms with Crippen LogP contribution in [0, 0.1) is 0 Å². The highest BCUT2D eigenvalue weighted by atomic mass is 32.1. The van der Waals surface area contributed by atoms with E-state index in [1.165, 1.54) is 0 Å². The van der Waals surface area contributed by atoms with Gasteiger partial charge in [-0.2, -0.15) is 0 Å². The summed E-state index contributed by atoms with van der Waals surface area (Å²) in [6.45, 7) is 0.454. The van der Waals surface area contributed by atoms with Crippen molar-refractivity contribution < 1.29 is 4.74 Å². The van der Waals surface area contributed by atoms with Gasteiger partial charge in [0.05, 0.1) is 5.52 Å². The standard InChI is InChI=1S/C17H14N2OS/c18-17(21)13-5-2-8-15(10-13)20-11-14-6-1-4-12-7-3-9-19-16(12)14/h1-10H,11H2,(H2,18,21). The van der Waals surface area contributed by atoms with Crippen LogP contribution in [0.3, 0.4) is 0 Å². The highest BCUT2D eigenvalue weighted by Gasteiger charge is 2.04. The van der Waals surface area contributed by atoms with E-state index in [0.717, 1.165) is 27.8 Å². The van der Waals surface area contributed by atoms with Gasteiger partial charge in [-0.15, -0.1) is 0 Å². The van der Waals surface area contributed by atoms with E-state index < -0.39 is 0 Å². The molecule has 1 aromatic heterocycles. The molecule has 3 nitrogen and oxygen atoms in total. The van der Waals surface area contributed by atoms with Crippen LogP contribution < -0.4 is 10.5 Å². The second-order valence-corrected chi connectivity index (χ2v) is 5.11. The number of nitrogens with two attached hydrogens (primary N) is 1. The molecule has 0 aliphatic heterocycles. The summed E-state index contributed by atoms with van der Waals surface area (Å²) in [6, 6.07) is 17.5. The summed E-state index contributed by atoms with van der Waals surface area (Å²) in [5, 5.41) is 1.11. The van der Waals surface area contributed by atoms with Crippen LogP contribution in [0.2, 0.25) is 0 Å². The minimum Gasteiger partial charge on any atom is -0.489 e. The molecule has 0 radical (unpaired) electrons. The fourth-order valence-electron chi connectivity index (χ4n) is 2.18. The van der Waals surface area contributed by atoms with Gasteiger partial charge in [0, 0.05) is 22.7 Å². The van der Waals surface area contributed by atoms with E-state index in [1.54, 1.807) is 6.20 Å². The molecule has 0 bridgehead atoms. The summed E-state index contributed by atoms with van der Waals surface area (Å²) in [5.41, 5.74) is 8.45. The summed E-state index contributed by atoms with van der Waals surface area (Å²) < 4.78 is 5.84. The van der Waals surface area contributed by atoms with Crippen molar-refractivity contribution in [3.63, 3.8) is 0 Å². The number of nitrogens with zero attached hydrogens (tertiary/aromatic N) is 1. The summed E-state index contributed by atoms with van der Waals surface area (Å²) >= 11 is 4.97. The maximum atomic E-state index is 5.84. The molecule has 0 unspecified atom stereocenters. The zero-order valence-electron chi connectivity index (χ0n) is 11.3. The summed E-state index contributed by atoms with van der Waals surface area (Å²) in [5.74, 6) is 0.744. The lowest BCUT2D eigenvalue weighted by atomic mass is 10.1. The predicted molar refractivity (Wildman–Crippen MR) is 88.4 cm³/mol. The van der Waals surface area contributed by atoms with Gasteiger partial charge < -0.3 is 10.5 Å². The molecule has 104 valence electrons. The monoisotopic (exact) mass is 294 g/mol. The Balaban J connectivity index is 1.84. The van der Waals surface area contributed by atoms with Crippen molar-refractivity contribution in [2.75, 3.05) is 0 Å². The molecule has 21 heavy (non-hydrogen) atoms. The Hall–Kier alpha value is -2.46. The molecule has 2 aromatic carbocycles. The lowest BCUT2D eigenvalue weighted by Crippen LogP contribution is -2.09. The maximum absolute atomic E-state index is 5.84. The third-order valence-corrected chi connectivity index (χ3v) is 3.46. The first-order valence-electron chi connectivity index (χ1n) is 6.59. The van der Waals surface area contributed by atoms with Crippen LogP contribution in [0.5, 0.6) is 5.75 Å². The lowest BCUT2D eigenvalue weighted by Gasteiger charge is -2.09. The second-order valence-electron chi connectivity index (χ2n) is 4.67. The molecular weight excluding hydrogens is 280 g/mol. The van der Waals surface area contributed by atoms with Gasteiger partial charge >= 0.3 is 0 Å². The maximum Gasteiger partial charge on any atom is 0.120 e.